The lowest BCUT2D eigenvalue weighted by Gasteiger charge is -2.33. The van der Waals surface area contributed by atoms with E-state index in [0.29, 0.717) is 44.8 Å². The molecule has 9 nitrogen and oxygen atoms in total. The summed E-state index contributed by atoms with van der Waals surface area (Å²) >= 11 is 0. The van der Waals surface area contributed by atoms with Gasteiger partial charge in [0.15, 0.2) is 0 Å². The molecule has 0 bridgehead atoms. The summed E-state index contributed by atoms with van der Waals surface area (Å²) in [7, 11) is 0. The van der Waals surface area contributed by atoms with Crippen LogP contribution in [0.25, 0.3) is 0 Å². The first kappa shape index (κ1) is 24.6. The van der Waals surface area contributed by atoms with Crippen LogP contribution in [0.2, 0.25) is 0 Å². The number of benzene rings is 1. The van der Waals surface area contributed by atoms with E-state index in [-0.39, 0.29) is 36.2 Å². The largest absolute Gasteiger partial charge is 0.379 e. The Morgan fingerprint density at radius 1 is 1.15 bits per heavy atom. The molecule has 1 aliphatic carbocycles. The lowest BCUT2D eigenvalue weighted by molar-refractivity contribution is -0.135. The molecule has 3 fully saturated rings. The molecule has 3 aliphatic rings. The molecule has 2 aliphatic heterocycles. The van der Waals surface area contributed by atoms with Crippen LogP contribution >= 0.6 is 0 Å². The maximum atomic E-state index is 13.4. The Kier molecular flexibility index (Phi) is 8.12. The highest BCUT2D eigenvalue weighted by molar-refractivity contribution is 5.98. The molecular formula is C24H34FN5O4. The average molecular weight is 476 g/mol. The van der Waals surface area contributed by atoms with Crippen LogP contribution in [0.15, 0.2) is 24.3 Å². The number of nitrogens with two attached hydrogens (primary N) is 1. The van der Waals surface area contributed by atoms with Crippen LogP contribution in [0.4, 0.5) is 4.39 Å². The standard InChI is InChI=1S/C24H34FN5O4/c25-19-5-3-18(4-6-19)24(33)30-16-20(15-21(30)22(31)27-8-7-26)29(23(32)17-1-2-17)10-9-28-11-13-34-14-12-28/h3-6,17,20-21H,1-2,7-16,26H2,(H,27,31). The van der Waals surface area contributed by atoms with Crippen molar-refractivity contribution in [3.63, 3.8) is 0 Å². The van der Waals surface area contributed by atoms with E-state index in [1.165, 1.54) is 29.2 Å². The third kappa shape index (κ3) is 5.92. The second kappa shape index (κ2) is 11.2. The van der Waals surface area contributed by atoms with Crippen LogP contribution in [-0.4, -0.2) is 104 Å². The maximum absolute atomic E-state index is 13.4. The molecule has 4 rings (SSSR count). The summed E-state index contributed by atoms with van der Waals surface area (Å²) in [5.41, 5.74) is 5.86. The summed E-state index contributed by atoms with van der Waals surface area (Å²) < 4.78 is 18.8. The van der Waals surface area contributed by atoms with Crippen molar-refractivity contribution in [1.82, 2.24) is 20.0 Å². The van der Waals surface area contributed by atoms with Gasteiger partial charge in [-0.15, -0.1) is 0 Å². The van der Waals surface area contributed by atoms with Gasteiger partial charge in [-0.3, -0.25) is 19.3 Å². The summed E-state index contributed by atoms with van der Waals surface area (Å²) in [6.45, 7) is 5.17. The molecule has 34 heavy (non-hydrogen) atoms. The molecule has 186 valence electrons. The van der Waals surface area contributed by atoms with Gasteiger partial charge in [-0.05, 0) is 43.5 Å². The molecule has 2 atom stereocenters. The molecule has 1 aromatic rings. The summed E-state index contributed by atoms with van der Waals surface area (Å²) in [6.07, 6.45) is 2.14. The first-order chi connectivity index (χ1) is 16.5. The number of halogens is 1. The third-order valence-electron chi connectivity index (χ3n) is 6.79. The van der Waals surface area contributed by atoms with Gasteiger partial charge >= 0.3 is 0 Å². The number of carbonyl (C=O) groups excluding carboxylic acids is 3. The second-order valence-electron chi connectivity index (χ2n) is 9.21. The quantitative estimate of drug-likeness (QED) is 0.523. The smallest absolute Gasteiger partial charge is 0.254 e. The van der Waals surface area contributed by atoms with Crippen LogP contribution < -0.4 is 11.1 Å². The Morgan fingerprint density at radius 3 is 2.50 bits per heavy atom. The predicted octanol–water partition coefficient (Wildman–Crippen LogP) is 0.0545. The van der Waals surface area contributed by atoms with E-state index in [1.807, 2.05) is 4.90 Å². The molecule has 2 saturated heterocycles. The molecule has 0 spiro atoms. The summed E-state index contributed by atoms with van der Waals surface area (Å²) in [4.78, 5) is 45.2. The summed E-state index contributed by atoms with van der Waals surface area (Å²) in [5, 5.41) is 2.78. The number of carbonyl (C=O) groups is 3. The van der Waals surface area contributed by atoms with Gasteiger partial charge in [0.25, 0.3) is 5.91 Å². The lowest BCUT2D eigenvalue weighted by Crippen LogP contribution is -2.48. The fourth-order valence-electron chi connectivity index (χ4n) is 4.70. The van der Waals surface area contributed by atoms with Gasteiger partial charge in [-0.25, -0.2) is 4.39 Å². The van der Waals surface area contributed by atoms with Crippen molar-refractivity contribution in [3.05, 3.63) is 35.6 Å². The molecule has 1 saturated carbocycles. The van der Waals surface area contributed by atoms with Crippen molar-refractivity contribution in [2.75, 3.05) is 59.0 Å². The van der Waals surface area contributed by atoms with Gasteiger partial charge in [0.2, 0.25) is 11.8 Å². The number of hydrogen-bond donors (Lipinski definition) is 2. The number of morpholine rings is 1. The predicted molar refractivity (Wildman–Crippen MR) is 123 cm³/mol. The maximum Gasteiger partial charge on any atom is 0.254 e. The van der Waals surface area contributed by atoms with E-state index in [2.05, 4.69) is 10.2 Å². The zero-order valence-corrected chi connectivity index (χ0v) is 19.5. The minimum Gasteiger partial charge on any atom is -0.379 e. The zero-order chi connectivity index (χ0) is 24.1. The normalized spacial score (nSPS) is 23.1. The van der Waals surface area contributed by atoms with Crippen molar-refractivity contribution in [1.29, 1.82) is 0 Å². The molecule has 2 heterocycles. The summed E-state index contributed by atoms with van der Waals surface area (Å²) in [6, 6.07) is 4.33. The van der Waals surface area contributed by atoms with Crippen LogP contribution in [0, 0.1) is 11.7 Å². The van der Waals surface area contributed by atoms with Crippen molar-refractivity contribution in [3.8, 4) is 0 Å². The van der Waals surface area contributed by atoms with Crippen LogP contribution in [-0.2, 0) is 14.3 Å². The van der Waals surface area contributed by atoms with Gasteiger partial charge in [-0.2, -0.15) is 0 Å². The van der Waals surface area contributed by atoms with E-state index in [9.17, 15) is 18.8 Å². The Balaban J connectivity index is 1.52. The zero-order valence-electron chi connectivity index (χ0n) is 19.5. The molecule has 10 heteroatoms. The van der Waals surface area contributed by atoms with Gasteiger partial charge in [0.1, 0.15) is 11.9 Å². The fourth-order valence-corrected chi connectivity index (χ4v) is 4.70. The van der Waals surface area contributed by atoms with Gasteiger partial charge < -0.3 is 25.6 Å². The number of likely N-dealkylation sites (tertiary alicyclic amines) is 1. The van der Waals surface area contributed by atoms with E-state index in [0.717, 1.165) is 32.5 Å². The monoisotopic (exact) mass is 475 g/mol. The van der Waals surface area contributed by atoms with E-state index >= 15 is 0 Å². The van der Waals surface area contributed by atoms with E-state index in [4.69, 9.17) is 10.5 Å². The third-order valence-corrected chi connectivity index (χ3v) is 6.79. The minimum absolute atomic E-state index is 0.0380. The molecule has 1 aromatic carbocycles. The highest BCUT2D eigenvalue weighted by Crippen LogP contribution is 2.34. The van der Waals surface area contributed by atoms with Gasteiger partial charge in [0.05, 0.1) is 19.3 Å². The van der Waals surface area contributed by atoms with Crippen molar-refractivity contribution >= 4 is 17.7 Å². The number of nitrogens with zero attached hydrogens (tertiary/aromatic N) is 3. The lowest BCUT2D eigenvalue weighted by atomic mass is 10.1. The SMILES string of the molecule is NCCNC(=O)C1CC(N(CCN2CCOCC2)C(=O)C2CC2)CN1C(=O)c1ccc(F)cc1. The molecular weight excluding hydrogens is 441 g/mol. The minimum atomic E-state index is -0.716. The van der Waals surface area contributed by atoms with Crippen LogP contribution in [0.1, 0.15) is 29.6 Å². The Hall–Kier alpha value is -2.56. The van der Waals surface area contributed by atoms with Gasteiger partial charge in [0, 0.05) is 57.3 Å². The Morgan fingerprint density at radius 2 is 1.85 bits per heavy atom. The molecule has 0 radical (unpaired) electrons. The molecule has 3 amide bonds. The fraction of sp³-hybridized carbons (Fsp3) is 0.625. The molecule has 0 aromatic heterocycles. The van der Waals surface area contributed by atoms with E-state index in [1.54, 1.807) is 0 Å². The van der Waals surface area contributed by atoms with Crippen molar-refractivity contribution < 1.29 is 23.5 Å². The first-order valence-corrected chi connectivity index (χ1v) is 12.1. The number of rotatable bonds is 9. The highest BCUT2D eigenvalue weighted by Gasteiger charge is 2.45. The Bertz CT molecular complexity index is 873. The van der Waals surface area contributed by atoms with Crippen LogP contribution in [0.5, 0.6) is 0 Å². The topological polar surface area (TPSA) is 108 Å². The van der Waals surface area contributed by atoms with Crippen LogP contribution in [0.3, 0.4) is 0 Å². The van der Waals surface area contributed by atoms with Crippen molar-refractivity contribution in [2.24, 2.45) is 11.7 Å². The van der Waals surface area contributed by atoms with Crippen molar-refractivity contribution in [2.45, 2.75) is 31.3 Å². The van der Waals surface area contributed by atoms with Gasteiger partial charge in [-0.1, -0.05) is 0 Å². The molecule has 2 unspecified atom stereocenters. The number of nitrogens with one attached hydrogen (secondary N) is 1. The average Bonchev–Trinajstić information content (AvgIpc) is 3.62. The number of hydrogen-bond acceptors (Lipinski definition) is 6. The highest BCUT2D eigenvalue weighted by atomic mass is 19.1. The summed E-state index contributed by atoms with van der Waals surface area (Å²) in [5.74, 6) is -0.915. The first-order valence-electron chi connectivity index (χ1n) is 12.1. The number of amides is 3. The Labute approximate surface area is 199 Å². The van der Waals surface area contributed by atoms with E-state index < -0.39 is 11.9 Å². The molecule has 3 N–H and O–H groups in total. The number of ether oxygens (including phenoxy) is 1. The second-order valence-corrected chi connectivity index (χ2v) is 9.21.